The Balaban J connectivity index is 2.28. The number of ether oxygens (including phenoxy) is 3. The summed E-state index contributed by atoms with van der Waals surface area (Å²) in [7, 11) is -2.05. The quantitative estimate of drug-likeness (QED) is 0.0676. The van der Waals surface area contributed by atoms with Gasteiger partial charge in [0.05, 0.1) is 30.8 Å². The fourth-order valence-electron chi connectivity index (χ4n) is 6.41. The number of hydrogen-bond donors (Lipinski definition) is 2. The van der Waals surface area contributed by atoms with Crippen LogP contribution in [-0.2, 0) is 28.2 Å². The van der Waals surface area contributed by atoms with Crippen molar-refractivity contribution < 1.29 is 38.4 Å². The third-order valence-corrected chi connectivity index (χ3v) is 14.7. The number of hydrogen-bond acceptors (Lipinski definition) is 8. The van der Waals surface area contributed by atoms with Gasteiger partial charge in [-0.05, 0) is 75.2 Å². The van der Waals surface area contributed by atoms with E-state index in [9.17, 15) is 19.8 Å². The van der Waals surface area contributed by atoms with E-state index in [1.807, 2.05) is 45.9 Å². The minimum Gasteiger partial charge on any atom is -0.457 e. The summed E-state index contributed by atoms with van der Waals surface area (Å²) in [5, 5.41) is 21.6. The van der Waals surface area contributed by atoms with E-state index in [0.29, 0.717) is 12.8 Å². The molecule has 1 saturated heterocycles. The molecule has 2 aliphatic rings. The molecule has 10 unspecified atom stereocenters. The van der Waals surface area contributed by atoms with Gasteiger partial charge in [0.1, 0.15) is 17.8 Å². The molecule has 0 aromatic heterocycles. The van der Waals surface area contributed by atoms with Crippen LogP contribution >= 0.6 is 0 Å². The summed E-state index contributed by atoms with van der Waals surface area (Å²) in [6.45, 7) is 19.6. The molecular weight excluding hydrogens is 588 g/mol. The number of carbonyl (C=O) groups excluding carboxylic acids is 2. The first kappa shape index (κ1) is 39.4. The van der Waals surface area contributed by atoms with E-state index in [4.69, 9.17) is 18.6 Å². The van der Waals surface area contributed by atoms with Crippen molar-refractivity contribution in [2.24, 2.45) is 17.8 Å². The fourth-order valence-corrected chi connectivity index (χ4v) is 9.32. The van der Waals surface area contributed by atoms with E-state index in [1.54, 1.807) is 13.0 Å². The van der Waals surface area contributed by atoms with Gasteiger partial charge >= 0.3 is 11.9 Å². The Kier molecular flexibility index (Phi) is 15.7. The maximum absolute atomic E-state index is 13.4. The Morgan fingerprint density at radius 3 is 2.38 bits per heavy atom. The van der Waals surface area contributed by atoms with Crippen molar-refractivity contribution in [3.8, 4) is 0 Å². The van der Waals surface area contributed by atoms with Crippen LogP contribution in [0.3, 0.4) is 0 Å². The summed E-state index contributed by atoms with van der Waals surface area (Å²) < 4.78 is 24.3. The maximum atomic E-state index is 13.4. The van der Waals surface area contributed by atoms with E-state index in [2.05, 4.69) is 33.8 Å². The summed E-state index contributed by atoms with van der Waals surface area (Å²) in [6.07, 6.45) is 10.3. The summed E-state index contributed by atoms with van der Waals surface area (Å²) >= 11 is 0. The topological polar surface area (TPSA) is 115 Å². The summed E-state index contributed by atoms with van der Waals surface area (Å²) in [4.78, 5) is 25.4. The number of epoxide rings is 1. The number of aliphatic hydroxyl groups is 2. The first-order chi connectivity index (χ1) is 21.1. The minimum absolute atomic E-state index is 0.101. The van der Waals surface area contributed by atoms with Crippen molar-refractivity contribution in [3.63, 3.8) is 0 Å². The van der Waals surface area contributed by atoms with Crippen LogP contribution in [0.4, 0.5) is 0 Å². The van der Waals surface area contributed by atoms with Gasteiger partial charge in [-0.25, -0.2) is 0 Å². The van der Waals surface area contributed by atoms with Crippen molar-refractivity contribution in [2.45, 2.75) is 162 Å². The second kappa shape index (κ2) is 17.9. The lowest BCUT2D eigenvalue weighted by molar-refractivity contribution is -0.157. The van der Waals surface area contributed by atoms with Crippen LogP contribution in [-0.4, -0.2) is 72.7 Å². The lowest BCUT2D eigenvalue weighted by Gasteiger charge is -2.36. The Morgan fingerprint density at radius 2 is 1.80 bits per heavy atom. The second-order valence-electron chi connectivity index (χ2n) is 13.8. The molecule has 2 aliphatic heterocycles. The average Bonchev–Trinajstić information content (AvgIpc) is 3.76. The molecule has 10 atom stereocenters. The Labute approximate surface area is 273 Å². The first-order valence-corrected chi connectivity index (χ1v) is 19.8. The van der Waals surface area contributed by atoms with Gasteiger partial charge in [-0.15, -0.1) is 0 Å². The van der Waals surface area contributed by atoms with Crippen LogP contribution in [0.15, 0.2) is 36.0 Å². The zero-order chi connectivity index (χ0) is 33.9. The number of aliphatic hydroxyl groups excluding tert-OH is 1. The molecule has 0 radical (unpaired) electrons. The SMILES string of the molecule is CCC(O)C(C)C1OC1CC(C)C=CC=C(C)C1OC(=O)CC(O[Si](CC)(CC)CC)CCC(C)(O)C(OC(C)=O)C=CC1C. The van der Waals surface area contributed by atoms with Crippen molar-refractivity contribution in [2.75, 3.05) is 0 Å². The molecule has 0 aliphatic carbocycles. The maximum Gasteiger partial charge on any atom is 0.308 e. The third-order valence-electron chi connectivity index (χ3n) is 9.96. The van der Waals surface area contributed by atoms with E-state index in [0.717, 1.165) is 36.5 Å². The van der Waals surface area contributed by atoms with Crippen LogP contribution in [0.1, 0.15) is 101 Å². The van der Waals surface area contributed by atoms with E-state index in [1.165, 1.54) is 6.92 Å². The van der Waals surface area contributed by atoms with Crippen LogP contribution in [0.5, 0.6) is 0 Å². The molecule has 0 aromatic carbocycles. The lowest BCUT2D eigenvalue weighted by atomic mass is 9.88. The molecule has 2 N–H and O–H groups in total. The van der Waals surface area contributed by atoms with Gasteiger partial charge in [0, 0.05) is 18.8 Å². The highest BCUT2D eigenvalue weighted by Crippen LogP contribution is 2.36. The molecule has 2 rings (SSSR count). The summed E-state index contributed by atoms with van der Waals surface area (Å²) in [5.41, 5.74) is -0.453. The number of cyclic esters (lactones) is 1. The largest absolute Gasteiger partial charge is 0.457 e. The molecule has 0 bridgehead atoms. The van der Waals surface area contributed by atoms with Crippen LogP contribution < -0.4 is 0 Å². The zero-order valence-electron chi connectivity index (χ0n) is 29.6. The standard InChI is InChI=1S/C36H62O8Si/c1-11-30(38)27(8)35-31(42-35)22-24(5)16-15-17-25(6)34-26(7)18-19-32(41-28(9)37)36(10,40)21-20-29(23-33(39)43-34)44-45(12-2,13-3)14-4/h15-19,24,26-27,29-32,34-35,38,40H,11-14,20-23H2,1-10H3. The number of carbonyl (C=O) groups is 2. The molecule has 0 amide bonds. The van der Waals surface area contributed by atoms with Crippen molar-refractivity contribution >= 4 is 20.3 Å². The van der Waals surface area contributed by atoms with Gasteiger partial charge in [-0.1, -0.05) is 72.8 Å². The third kappa shape index (κ3) is 12.1. The van der Waals surface area contributed by atoms with Gasteiger partial charge in [0.2, 0.25) is 0 Å². The Hall–Kier alpha value is -1.78. The highest BCUT2D eigenvalue weighted by molar-refractivity contribution is 6.73. The molecule has 8 nitrogen and oxygen atoms in total. The predicted molar refractivity (Wildman–Crippen MR) is 181 cm³/mol. The van der Waals surface area contributed by atoms with Crippen molar-refractivity contribution in [1.29, 1.82) is 0 Å². The molecule has 258 valence electrons. The zero-order valence-corrected chi connectivity index (χ0v) is 30.6. The lowest BCUT2D eigenvalue weighted by Crippen LogP contribution is -2.45. The molecule has 0 spiro atoms. The van der Waals surface area contributed by atoms with Crippen molar-refractivity contribution in [3.05, 3.63) is 36.0 Å². The van der Waals surface area contributed by atoms with E-state index >= 15 is 0 Å². The summed E-state index contributed by atoms with van der Waals surface area (Å²) in [6, 6.07) is 2.83. The number of allylic oxidation sites excluding steroid dienone is 3. The van der Waals surface area contributed by atoms with E-state index < -0.39 is 38.2 Å². The molecule has 0 saturated carbocycles. The van der Waals surface area contributed by atoms with Gasteiger partial charge in [-0.3, -0.25) is 9.59 Å². The van der Waals surface area contributed by atoms with Crippen molar-refractivity contribution in [1.82, 2.24) is 0 Å². The van der Waals surface area contributed by atoms with E-state index in [-0.39, 0.29) is 48.5 Å². The Bertz CT molecular complexity index is 1020. The average molecular weight is 651 g/mol. The molecule has 0 aromatic rings. The van der Waals surface area contributed by atoms with Gasteiger partial charge < -0.3 is 28.8 Å². The predicted octanol–water partition coefficient (Wildman–Crippen LogP) is 7.05. The number of rotatable bonds is 14. The first-order valence-electron chi connectivity index (χ1n) is 17.2. The highest BCUT2D eigenvalue weighted by Gasteiger charge is 2.45. The molecule has 1 fully saturated rings. The van der Waals surface area contributed by atoms with Gasteiger partial charge in [-0.2, -0.15) is 0 Å². The van der Waals surface area contributed by atoms with Crippen LogP contribution in [0.2, 0.25) is 18.1 Å². The Morgan fingerprint density at radius 1 is 1.16 bits per heavy atom. The van der Waals surface area contributed by atoms with Gasteiger partial charge in [0.15, 0.2) is 8.32 Å². The molecule has 9 heteroatoms. The molecule has 2 heterocycles. The van der Waals surface area contributed by atoms with Crippen LogP contribution in [0, 0.1) is 17.8 Å². The van der Waals surface area contributed by atoms with Gasteiger partial charge in [0.25, 0.3) is 0 Å². The number of esters is 2. The summed E-state index contributed by atoms with van der Waals surface area (Å²) in [5.74, 6) is -0.632. The molecular formula is C36H62O8Si. The second-order valence-corrected chi connectivity index (χ2v) is 18.5. The monoisotopic (exact) mass is 650 g/mol. The fraction of sp³-hybridized carbons (Fsp3) is 0.778. The normalized spacial score (nSPS) is 32.3. The van der Waals surface area contributed by atoms with Crippen LogP contribution in [0.25, 0.3) is 0 Å². The highest BCUT2D eigenvalue weighted by atomic mass is 28.4. The minimum atomic E-state index is -2.05. The smallest absolute Gasteiger partial charge is 0.308 e. The molecule has 45 heavy (non-hydrogen) atoms.